The SMILES string of the molecule is Brc1ccccc1Nc1c(-c2ccccc2)ccc2ccccc12. The molecule has 0 aliphatic rings. The number of benzene rings is 4. The van der Waals surface area contributed by atoms with Crippen molar-refractivity contribution < 1.29 is 0 Å². The van der Waals surface area contributed by atoms with Crippen molar-refractivity contribution in [2.24, 2.45) is 0 Å². The maximum Gasteiger partial charge on any atom is 0.0543 e. The third-order valence-corrected chi connectivity index (χ3v) is 4.84. The molecule has 4 aromatic rings. The van der Waals surface area contributed by atoms with Crippen LogP contribution in [0.15, 0.2) is 95.5 Å². The van der Waals surface area contributed by atoms with Gasteiger partial charge >= 0.3 is 0 Å². The Kier molecular flexibility index (Phi) is 4.06. The van der Waals surface area contributed by atoms with Crippen molar-refractivity contribution in [3.8, 4) is 11.1 Å². The minimum absolute atomic E-state index is 1.05. The third-order valence-electron chi connectivity index (χ3n) is 4.15. The molecule has 4 aromatic carbocycles. The number of hydrogen-bond acceptors (Lipinski definition) is 1. The van der Waals surface area contributed by atoms with Crippen LogP contribution in [0, 0.1) is 0 Å². The summed E-state index contributed by atoms with van der Waals surface area (Å²) in [6.45, 7) is 0. The Balaban J connectivity index is 1.95. The van der Waals surface area contributed by atoms with Gasteiger partial charge in [0.15, 0.2) is 0 Å². The van der Waals surface area contributed by atoms with Crippen molar-refractivity contribution in [1.82, 2.24) is 0 Å². The van der Waals surface area contributed by atoms with Gasteiger partial charge in [0, 0.05) is 15.4 Å². The van der Waals surface area contributed by atoms with E-state index in [4.69, 9.17) is 0 Å². The minimum atomic E-state index is 1.05. The van der Waals surface area contributed by atoms with Crippen LogP contribution in [0.2, 0.25) is 0 Å². The van der Waals surface area contributed by atoms with Crippen molar-refractivity contribution in [3.05, 3.63) is 95.5 Å². The molecule has 0 radical (unpaired) electrons. The Morgan fingerprint density at radius 1 is 0.625 bits per heavy atom. The van der Waals surface area contributed by atoms with Crippen molar-refractivity contribution in [3.63, 3.8) is 0 Å². The number of anilines is 2. The van der Waals surface area contributed by atoms with Gasteiger partial charge in [0.25, 0.3) is 0 Å². The van der Waals surface area contributed by atoms with E-state index in [2.05, 4.69) is 94.0 Å². The normalized spacial score (nSPS) is 10.7. The molecule has 2 heteroatoms. The molecule has 0 fully saturated rings. The predicted octanol–water partition coefficient (Wildman–Crippen LogP) is 7.01. The molecule has 0 saturated heterocycles. The van der Waals surface area contributed by atoms with E-state index in [1.54, 1.807) is 0 Å². The molecule has 116 valence electrons. The maximum absolute atomic E-state index is 3.64. The molecule has 0 atom stereocenters. The summed E-state index contributed by atoms with van der Waals surface area (Å²) in [5, 5.41) is 6.08. The Labute approximate surface area is 150 Å². The first-order valence-electron chi connectivity index (χ1n) is 7.92. The molecule has 0 aliphatic heterocycles. The van der Waals surface area contributed by atoms with E-state index in [-0.39, 0.29) is 0 Å². The predicted molar refractivity (Wildman–Crippen MR) is 107 cm³/mol. The molecule has 0 unspecified atom stereocenters. The first kappa shape index (κ1) is 15.0. The van der Waals surface area contributed by atoms with Gasteiger partial charge in [-0.25, -0.2) is 0 Å². The molecule has 0 spiro atoms. The Bertz CT molecular complexity index is 993. The van der Waals surface area contributed by atoms with Gasteiger partial charge in [0.1, 0.15) is 0 Å². The number of nitrogens with one attached hydrogen (secondary N) is 1. The average Bonchev–Trinajstić information content (AvgIpc) is 2.64. The molecule has 0 amide bonds. The molecule has 4 rings (SSSR count). The first-order valence-corrected chi connectivity index (χ1v) is 8.71. The lowest BCUT2D eigenvalue weighted by atomic mass is 9.98. The van der Waals surface area contributed by atoms with Crippen LogP contribution in [0.1, 0.15) is 0 Å². The smallest absolute Gasteiger partial charge is 0.0543 e. The maximum atomic E-state index is 3.64. The van der Waals surface area contributed by atoms with E-state index >= 15 is 0 Å². The van der Waals surface area contributed by atoms with Crippen LogP contribution in [0.5, 0.6) is 0 Å². The number of hydrogen-bond donors (Lipinski definition) is 1. The van der Waals surface area contributed by atoms with Crippen LogP contribution in [0.3, 0.4) is 0 Å². The quantitative estimate of drug-likeness (QED) is 0.407. The summed E-state index contributed by atoms with van der Waals surface area (Å²) in [7, 11) is 0. The van der Waals surface area contributed by atoms with Gasteiger partial charge in [0.05, 0.1) is 11.4 Å². The number of rotatable bonds is 3. The van der Waals surface area contributed by atoms with E-state index in [0.29, 0.717) is 0 Å². The highest BCUT2D eigenvalue weighted by atomic mass is 79.9. The van der Waals surface area contributed by atoms with Crippen LogP contribution in [0.25, 0.3) is 21.9 Å². The molecule has 0 aromatic heterocycles. The topological polar surface area (TPSA) is 12.0 Å². The van der Waals surface area contributed by atoms with E-state index in [1.807, 2.05) is 18.2 Å². The fraction of sp³-hybridized carbons (Fsp3) is 0. The summed E-state index contributed by atoms with van der Waals surface area (Å²) in [4.78, 5) is 0. The summed E-state index contributed by atoms with van der Waals surface area (Å²) in [5.74, 6) is 0. The lowest BCUT2D eigenvalue weighted by Gasteiger charge is -2.16. The van der Waals surface area contributed by atoms with E-state index in [0.717, 1.165) is 15.8 Å². The molecule has 24 heavy (non-hydrogen) atoms. The molecular weight excluding hydrogens is 358 g/mol. The van der Waals surface area contributed by atoms with Crippen LogP contribution in [0.4, 0.5) is 11.4 Å². The van der Waals surface area contributed by atoms with Crippen molar-refractivity contribution in [2.45, 2.75) is 0 Å². The molecule has 0 saturated carbocycles. The van der Waals surface area contributed by atoms with Gasteiger partial charge in [-0.2, -0.15) is 0 Å². The molecule has 1 N–H and O–H groups in total. The van der Waals surface area contributed by atoms with Crippen LogP contribution < -0.4 is 5.32 Å². The zero-order valence-electron chi connectivity index (χ0n) is 13.0. The van der Waals surface area contributed by atoms with Crippen LogP contribution in [-0.2, 0) is 0 Å². The van der Waals surface area contributed by atoms with Gasteiger partial charge in [-0.1, -0.05) is 78.9 Å². The number of fused-ring (bicyclic) bond motifs is 1. The summed E-state index contributed by atoms with van der Waals surface area (Å²) >= 11 is 3.64. The average molecular weight is 374 g/mol. The minimum Gasteiger partial charge on any atom is -0.354 e. The second-order valence-corrected chi connectivity index (χ2v) is 6.53. The monoisotopic (exact) mass is 373 g/mol. The summed E-state index contributed by atoms with van der Waals surface area (Å²) in [6.07, 6.45) is 0. The largest absolute Gasteiger partial charge is 0.354 e. The van der Waals surface area contributed by atoms with E-state index in [9.17, 15) is 0 Å². The lowest BCUT2D eigenvalue weighted by molar-refractivity contribution is 1.53. The highest BCUT2D eigenvalue weighted by Gasteiger charge is 2.11. The van der Waals surface area contributed by atoms with Gasteiger partial charge in [-0.05, 0) is 39.0 Å². The number of halogens is 1. The van der Waals surface area contributed by atoms with Gasteiger partial charge in [-0.15, -0.1) is 0 Å². The zero-order valence-corrected chi connectivity index (χ0v) is 14.6. The molecule has 1 nitrogen and oxygen atoms in total. The highest BCUT2D eigenvalue weighted by Crippen LogP contribution is 2.38. The summed E-state index contributed by atoms with van der Waals surface area (Å²) < 4.78 is 1.05. The van der Waals surface area contributed by atoms with Gasteiger partial charge in [-0.3, -0.25) is 0 Å². The fourth-order valence-electron chi connectivity index (χ4n) is 2.96. The Morgan fingerprint density at radius 2 is 1.33 bits per heavy atom. The van der Waals surface area contributed by atoms with Gasteiger partial charge < -0.3 is 5.32 Å². The Hall–Kier alpha value is -2.58. The zero-order chi connectivity index (χ0) is 16.4. The standard InChI is InChI=1S/C22H16BrN/c23-20-12-6-7-13-21(20)24-22-18-11-5-4-10-17(18)14-15-19(22)16-8-2-1-3-9-16/h1-15,24H. The summed E-state index contributed by atoms with van der Waals surface area (Å²) in [5.41, 5.74) is 4.60. The van der Waals surface area contributed by atoms with Crippen LogP contribution >= 0.6 is 15.9 Å². The number of para-hydroxylation sites is 1. The van der Waals surface area contributed by atoms with Crippen molar-refractivity contribution in [1.29, 1.82) is 0 Å². The van der Waals surface area contributed by atoms with Gasteiger partial charge in [0.2, 0.25) is 0 Å². The van der Waals surface area contributed by atoms with Crippen molar-refractivity contribution >= 4 is 38.1 Å². The fourth-order valence-corrected chi connectivity index (χ4v) is 3.35. The van der Waals surface area contributed by atoms with E-state index in [1.165, 1.54) is 21.9 Å². The molecule has 0 bridgehead atoms. The molecular formula is C22H16BrN. The summed E-state index contributed by atoms with van der Waals surface area (Å²) in [6, 6.07) is 31.5. The molecule has 0 heterocycles. The second kappa shape index (κ2) is 6.50. The second-order valence-electron chi connectivity index (χ2n) is 5.68. The van der Waals surface area contributed by atoms with Crippen LogP contribution in [-0.4, -0.2) is 0 Å². The highest BCUT2D eigenvalue weighted by molar-refractivity contribution is 9.10. The van der Waals surface area contributed by atoms with E-state index < -0.39 is 0 Å². The lowest BCUT2D eigenvalue weighted by Crippen LogP contribution is -1.95. The third kappa shape index (κ3) is 2.81. The molecule has 0 aliphatic carbocycles. The Morgan fingerprint density at radius 3 is 2.17 bits per heavy atom. The first-order chi connectivity index (χ1) is 11.8. The van der Waals surface area contributed by atoms with Crippen molar-refractivity contribution in [2.75, 3.05) is 5.32 Å².